The predicted molar refractivity (Wildman–Crippen MR) is 85.7 cm³/mol. The molecule has 0 bridgehead atoms. The van der Waals surface area contributed by atoms with Gasteiger partial charge in [-0.3, -0.25) is 11.7 Å². The van der Waals surface area contributed by atoms with Crippen molar-refractivity contribution >= 4 is 0 Å². The van der Waals surface area contributed by atoms with Gasteiger partial charge in [0, 0.05) is 0 Å². The molecule has 0 unspecified atom stereocenters. The van der Waals surface area contributed by atoms with E-state index in [1.807, 2.05) is 0 Å². The molecule has 0 heterocycles. The van der Waals surface area contributed by atoms with E-state index in [0.29, 0.717) is 0 Å². The van der Waals surface area contributed by atoms with E-state index in [0.717, 1.165) is 0 Å². The second-order valence-corrected chi connectivity index (χ2v) is 4.28. The van der Waals surface area contributed by atoms with Crippen LogP contribution in [-0.4, -0.2) is 0 Å². The van der Waals surface area contributed by atoms with Gasteiger partial charge in [0.05, 0.1) is 0 Å². The van der Waals surface area contributed by atoms with Gasteiger partial charge in [-0.25, -0.2) is 0 Å². The lowest BCUT2D eigenvalue weighted by atomic mass is 9.95. The zero-order chi connectivity index (χ0) is 14.2. The van der Waals surface area contributed by atoms with Gasteiger partial charge in [-0.05, 0) is 22.3 Å². The molecule has 3 aromatic carbocycles. The van der Waals surface area contributed by atoms with E-state index >= 15 is 0 Å². The van der Waals surface area contributed by atoms with E-state index in [2.05, 4.69) is 96.6 Å². The second-order valence-electron chi connectivity index (χ2n) is 4.28. The normalized spacial score (nSPS) is 9.50. The fourth-order valence-corrected chi connectivity index (χ4v) is 2.22. The van der Waals surface area contributed by atoms with E-state index in [1.165, 1.54) is 22.3 Å². The highest BCUT2D eigenvalue weighted by Gasteiger charge is 2.05. The highest BCUT2D eigenvalue weighted by Crippen LogP contribution is 2.31. The minimum Gasteiger partial charge on any atom is -0.274 e. The molecule has 3 rings (SSSR count). The molecule has 0 saturated carbocycles. The highest BCUT2D eigenvalue weighted by atomic mass is 15.0. The van der Waals surface area contributed by atoms with Crippen molar-refractivity contribution in [3.05, 3.63) is 84.9 Å². The number of hydrazine groups is 1. The number of nitrogens with two attached hydrogens (primary N) is 2. The molecule has 100 valence electrons. The third-order valence-corrected chi connectivity index (χ3v) is 3.10. The van der Waals surface area contributed by atoms with Crippen LogP contribution in [0.3, 0.4) is 0 Å². The molecule has 4 N–H and O–H groups in total. The lowest BCUT2D eigenvalue weighted by Crippen LogP contribution is -2.02. The number of hydrogen-bond acceptors (Lipinski definition) is 2. The molecule has 20 heavy (non-hydrogen) atoms. The summed E-state index contributed by atoms with van der Waals surface area (Å²) in [6.07, 6.45) is 0. The minimum atomic E-state index is 1.26. The lowest BCUT2D eigenvalue weighted by molar-refractivity contribution is 1.26. The first-order valence-electron chi connectivity index (χ1n) is 6.48. The summed E-state index contributed by atoms with van der Waals surface area (Å²) in [5.41, 5.74) is 5.09. The molecule has 0 aliphatic heterocycles. The maximum absolute atomic E-state index is 4.00. The Morgan fingerprint density at radius 3 is 1.05 bits per heavy atom. The smallest absolute Gasteiger partial charge is 0.0105 e. The van der Waals surface area contributed by atoms with Crippen LogP contribution in [0.5, 0.6) is 0 Å². The molecule has 2 nitrogen and oxygen atoms in total. The molecule has 3 aromatic rings. The van der Waals surface area contributed by atoms with Gasteiger partial charge < -0.3 is 0 Å². The van der Waals surface area contributed by atoms with Crippen molar-refractivity contribution in [2.45, 2.75) is 0 Å². The Kier molecular flexibility index (Phi) is 5.07. The Hall–Kier alpha value is -2.42. The van der Waals surface area contributed by atoms with Gasteiger partial charge in [-0.15, -0.1) is 0 Å². The topological polar surface area (TPSA) is 52.0 Å². The molecule has 0 aliphatic rings. The number of benzene rings is 3. The van der Waals surface area contributed by atoms with Gasteiger partial charge in [0.15, 0.2) is 0 Å². The molecule has 0 saturated heterocycles. The van der Waals surface area contributed by atoms with Crippen LogP contribution >= 0.6 is 0 Å². The summed E-state index contributed by atoms with van der Waals surface area (Å²) in [4.78, 5) is 0. The molecular formula is C18H18N2. The molecule has 0 atom stereocenters. The Balaban J connectivity index is 0.000000704. The van der Waals surface area contributed by atoms with E-state index in [-0.39, 0.29) is 0 Å². The van der Waals surface area contributed by atoms with Crippen molar-refractivity contribution < 1.29 is 0 Å². The van der Waals surface area contributed by atoms with Crippen molar-refractivity contribution in [1.29, 1.82) is 0 Å². The number of rotatable bonds is 2. The van der Waals surface area contributed by atoms with Gasteiger partial charge in [-0.1, -0.05) is 84.9 Å². The zero-order valence-corrected chi connectivity index (χ0v) is 11.2. The lowest BCUT2D eigenvalue weighted by Gasteiger charge is -2.09. The fourth-order valence-electron chi connectivity index (χ4n) is 2.22. The third kappa shape index (κ3) is 3.12. The van der Waals surface area contributed by atoms with Crippen molar-refractivity contribution in [3.63, 3.8) is 0 Å². The van der Waals surface area contributed by atoms with Gasteiger partial charge >= 0.3 is 0 Å². The Morgan fingerprint density at radius 2 is 0.700 bits per heavy atom. The summed E-state index contributed by atoms with van der Waals surface area (Å²) in [6, 6.07) is 29.6. The van der Waals surface area contributed by atoms with Crippen molar-refractivity contribution in [1.82, 2.24) is 0 Å². The zero-order valence-electron chi connectivity index (χ0n) is 11.2. The van der Waals surface area contributed by atoms with Crippen LogP contribution in [0.2, 0.25) is 0 Å². The SMILES string of the molecule is NN.c1ccc(-c2ccccc2-c2ccccc2)cc1. The molecule has 0 amide bonds. The van der Waals surface area contributed by atoms with Crippen molar-refractivity contribution in [2.75, 3.05) is 0 Å². The van der Waals surface area contributed by atoms with E-state index in [4.69, 9.17) is 0 Å². The first kappa shape index (κ1) is 14.0. The monoisotopic (exact) mass is 262 g/mol. The van der Waals surface area contributed by atoms with Crippen LogP contribution in [-0.2, 0) is 0 Å². The van der Waals surface area contributed by atoms with Crippen molar-refractivity contribution in [3.8, 4) is 22.3 Å². The first-order valence-corrected chi connectivity index (χ1v) is 6.48. The van der Waals surface area contributed by atoms with Crippen molar-refractivity contribution in [2.24, 2.45) is 11.7 Å². The molecule has 0 aromatic heterocycles. The summed E-state index contributed by atoms with van der Waals surface area (Å²) < 4.78 is 0. The molecule has 0 radical (unpaired) electrons. The molecule has 0 fully saturated rings. The summed E-state index contributed by atoms with van der Waals surface area (Å²) in [7, 11) is 0. The van der Waals surface area contributed by atoms with Crippen LogP contribution in [0.4, 0.5) is 0 Å². The van der Waals surface area contributed by atoms with Crippen LogP contribution in [0.25, 0.3) is 22.3 Å². The average molecular weight is 262 g/mol. The molecular weight excluding hydrogens is 244 g/mol. The molecule has 0 aliphatic carbocycles. The van der Waals surface area contributed by atoms with Gasteiger partial charge in [0.25, 0.3) is 0 Å². The van der Waals surface area contributed by atoms with Gasteiger partial charge in [0.1, 0.15) is 0 Å². The Morgan fingerprint density at radius 1 is 0.400 bits per heavy atom. The van der Waals surface area contributed by atoms with Crippen LogP contribution < -0.4 is 11.7 Å². The van der Waals surface area contributed by atoms with Crippen LogP contribution in [0.1, 0.15) is 0 Å². The largest absolute Gasteiger partial charge is 0.274 e. The maximum Gasteiger partial charge on any atom is -0.0105 e. The second kappa shape index (κ2) is 7.24. The summed E-state index contributed by atoms with van der Waals surface area (Å²) in [6.45, 7) is 0. The quantitative estimate of drug-likeness (QED) is 0.544. The van der Waals surface area contributed by atoms with Crippen LogP contribution in [0, 0.1) is 0 Å². The summed E-state index contributed by atoms with van der Waals surface area (Å²) in [5, 5.41) is 0. The summed E-state index contributed by atoms with van der Waals surface area (Å²) in [5.74, 6) is 8.00. The maximum atomic E-state index is 4.00. The molecule has 0 spiro atoms. The van der Waals surface area contributed by atoms with E-state index in [1.54, 1.807) is 0 Å². The molecule has 2 heteroatoms. The predicted octanol–water partition coefficient (Wildman–Crippen LogP) is 3.84. The Labute approximate surface area is 119 Å². The first-order chi connectivity index (χ1) is 9.95. The average Bonchev–Trinajstić information content (AvgIpc) is 2.58. The van der Waals surface area contributed by atoms with E-state index < -0.39 is 0 Å². The Bertz CT molecular complexity index is 575. The standard InChI is InChI=1S/C18H14.H4N2/c1-3-9-15(10-4-1)17-13-7-8-14-18(17)16-11-5-2-6-12-16;1-2/h1-14H;1-2H2. The number of hydrogen-bond donors (Lipinski definition) is 2. The highest BCUT2D eigenvalue weighted by molar-refractivity contribution is 5.83. The van der Waals surface area contributed by atoms with E-state index in [9.17, 15) is 0 Å². The van der Waals surface area contributed by atoms with Crippen LogP contribution in [0.15, 0.2) is 84.9 Å². The minimum absolute atomic E-state index is 1.26. The fraction of sp³-hybridized carbons (Fsp3) is 0. The van der Waals surface area contributed by atoms with Gasteiger partial charge in [0.2, 0.25) is 0 Å². The van der Waals surface area contributed by atoms with Gasteiger partial charge in [-0.2, -0.15) is 0 Å². The third-order valence-electron chi connectivity index (χ3n) is 3.10. The summed E-state index contributed by atoms with van der Waals surface area (Å²) >= 11 is 0.